The van der Waals surface area contributed by atoms with Crippen LogP contribution < -0.4 is 5.32 Å². The second-order valence-corrected chi connectivity index (χ2v) is 6.37. The van der Waals surface area contributed by atoms with Crippen LogP contribution in [0.3, 0.4) is 0 Å². The Morgan fingerprint density at radius 3 is 3.00 bits per heavy atom. The van der Waals surface area contributed by atoms with E-state index in [1.165, 1.54) is 26.9 Å². The highest BCUT2D eigenvalue weighted by atomic mass is 79.9. The summed E-state index contributed by atoms with van der Waals surface area (Å²) in [5.74, 6) is 0.717. The summed E-state index contributed by atoms with van der Waals surface area (Å²) in [4.78, 5) is 1.39. The smallest absolute Gasteiger partial charge is 0.0300 e. The van der Waals surface area contributed by atoms with Gasteiger partial charge < -0.3 is 5.32 Å². The highest BCUT2D eigenvalue weighted by Gasteiger charge is 2.24. The van der Waals surface area contributed by atoms with Crippen molar-refractivity contribution >= 4 is 27.3 Å². The van der Waals surface area contributed by atoms with Crippen LogP contribution in [-0.2, 0) is 13.0 Å². The fourth-order valence-corrected chi connectivity index (χ4v) is 3.78. The van der Waals surface area contributed by atoms with Crippen molar-refractivity contribution in [3.05, 3.63) is 56.2 Å². The molecular weight excluding hydrogens is 294 g/mol. The van der Waals surface area contributed by atoms with Crippen molar-refractivity contribution < 1.29 is 0 Å². The van der Waals surface area contributed by atoms with Gasteiger partial charge in [-0.3, -0.25) is 0 Å². The number of halogens is 1. The van der Waals surface area contributed by atoms with Crippen molar-refractivity contribution in [2.24, 2.45) is 0 Å². The maximum Gasteiger partial charge on any atom is 0.0300 e. The first kappa shape index (κ1) is 11.5. The Bertz CT molecular complexity index is 520. The lowest BCUT2D eigenvalue weighted by Gasteiger charge is -2.30. The Hall–Kier alpha value is -0.640. The third-order valence-corrected chi connectivity index (χ3v) is 4.97. The number of benzene rings is 1. The zero-order valence-corrected chi connectivity index (χ0v) is 11.9. The molecule has 1 atom stereocenters. The molecule has 1 unspecified atom stereocenters. The standard InChI is InChI=1S/C14H14BrNS/c15-12-6-13(17-9-12)8-16-7-11-5-10-3-1-2-4-14(10)11/h1-4,6,9,11,16H,5,7-8H2. The van der Waals surface area contributed by atoms with E-state index in [0.29, 0.717) is 0 Å². The molecule has 0 fully saturated rings. The van der Waals surface area contributed by atoms with E-state index in [0.717, 1.165) is 19.0 Å². The van der Waals surface area contributed by atoms with E-state index < -0.39 is 0 Å². The van der Waals surface area contributed by atoms with Gasteiger partial charge in [0.2, 0.25) is 0 Å². The van der Waals surface area contributed by atoms with Crippen LogP contribution in [0.5, 0.6) is 0 Å². The first-order valence-electron chi connectivity index (χ1n) is 5.84. The van der Waals surface area contributed by atoms with E-state index >= 15 is 0 Å². The minimum atomic E-state index is 0.717. The lowest BCUT2D eigenvalue weighted by molar-refractivity contribution is 0.537. The van der Waals surface area contributed by atoms with Gasteiger partial charge >= 0.3 is 0 Å². The summed E-state index contributed by atoms with van der Waals surface area (Å²) in [5, 5.41) is 5.68. The quantitative estimate of drug-likeness (QED) is 0.902. The van der Waals surface area contributed by atoms with Gasteiger partial charge in [-0.25, -0.2) is 0 Å². The van der Waals surface area contributed by atoms with Crippen LogP contribution in [0.25, 0.3) is 0 Å². The minimum absolute atomic E-state index is 0.717. The van der Waals surface area contributed by atoms with Crippen molar-refractivity contribution in [1.29, 1.82) is 0 Å². The second-order valence-electron chi connectivity index (χ2n) is 4.46. The largest absolute Gasteiger partial charge is 0.311 e. The average molecular weight is 308 g/mol. The highest BCUT2D eigenvalue weighted by Crippen LogP contribution is 2.34. The zero-order chi connectivity index (χ0) is 11.7. The van der Waals surface area contributed by atoms with Crippen LogP contribution in [0.4, 0.5) is 0 Å². The molecule has 1 aromatic heterocycles. The topological polar surface area (TPSA) is 12.0 Å². The van der Waals surface area contributed by atoms with Crippen LogP contribution in [0.15, 0.2) is 40.2 Å². The molecule has 1 nitrogen and oxygen atoms in total. The van der Waals surface area contributed by atoms with Crippen LogP contribution in [-0.4, -0.2) is 6.54 Å². The van der Waals surface area contributed by atoms with Crippen LogP contribution >= 0.6 is 27.3 Å². The van der Waals surface area contributed by atoms with Gasteiger partial charge in [0, 0.05) is 33.7 Å². The Morgan fingerprint density at radius 1 is 1.35 bits per heavy atom. The van der Waals surface area contributed by atoms with Crippen molar-refractivity contribution in [2.75, 3.05) is 6.54 Å². The van der Waals surface area contributed by atoms with Crippen molar-refractivity contribution in [1.82, 2.24) is 5.32 Å². The minimum Gasteiger partial charge on any atom is -0.311 e. The molecule has 2 aromatic rings. The number of rotatable bonds is 4. The number of thiophene rings is 1. The van der Waals surface area contributed by atoms with E-state index in [2.05, 4.69) is 57.0 Å². The maximum atomic E-state index is 3.55. The van der Waals surface area contributed by atoms with E-state index in [1.54, 1.807) is 11.3 Å². The molecule has 3 rings (SSSR count). The van der Waals surface area contributed by atoms with E-state index in [-0.39, 0.29) is 0 Å². The van der Waals surface area contributed by atoms with Crippen LogP contribution in [0.1, 0.15) is 21.9 Å². The number of hydrogen-bond acceptors (Lipinski definition) is 2. The first-order chi connectivity index (χ1) is 8.33. The fourth-order valence-electron chi connectivity index (χ4n) is 2.36. The fraction of sp³-hybridized carbons (Fsp3) is 0.286. The monoisotopic (exact) mass is 307 g/mol. The first-order valence-corrected chi connectivity index (χ1v) is 7.51. The predicted molar refractivity (Wildman–Crippen MR) is 76.6 cm³/mol. The van der Waals surface area contributed by atoms with Gasteiger partial charge in [0.15, 0.2) is 0 Å². The summed E-state index contributed by atoms with van der Waals surface area (Å²) < 4.78 is 1.19. The molecule has 17 heavy (non-hydrogen) atoms. The van der Waals surface area contributed by atoms with E-state index in [9.17, 15) is 0 Å². The van der Waals surface area contributed by atoms with E-state index in [1.807, 2.05) is 0 Å². The predicted octanol–water partition coefficient (Wildman–Crippen LogP) is 3.94. The second kappa shape index (κ2) is 4.92. The van der Waals surface area contributed by atoms with Gasteiger partial charge in [-0.15, -0.1) is 11.3 Å². The SMILES string of the molecule is Brc1csc(CNCC2Cc3ccccc32)c1. The van der Waals surface area contributed by atoms with Crippen LogP contribution in [0, 0.1) is 0 Å². The molecule has 0 aliphatic heterocycles. The summed E-state index contributed by atoms with van der Waals surface area (Å²) in [7, 11) is 0. The number of nitrogens with one attached hydrogen (secondary N) is 1. The normalized spacial score (nSPS) is 17.6. The Morgan fingerprint density at radius 2 is 2.24 bits per heavy atom. The van der Waals surface area contributed by atoms with Crippen LogP contribution in [0.2, 0.25) is 0 Å². The zero-order valence-electron chi connectivity index (χ0n) is 9.45. The third-order valence-electron chi connectivity index (χ3n) is 3.27. The molecule has 1 heterocycles. The Balaban J connectivity index is 1.51. The molecule has 3 heteroatoms. The van der Waals surface area contributed by atoms with Crippen molar-refractivity contribution in [3.8, 4) is 0 Å². The summed E-state index contributed by atoms with van der Waals surface area (Å²) in [5.41, 5.74) is 3.06. The van der Waals surface area contributed by atoms with Gasteiger partial charge in [-0.1, -0.05) is 24.3 Å². The van der Waals surface area contributed by atoms with Gasteiger partial charge in [-0.05, 0) is 39.5 Å². The summed E-state index contributed by atoms with van der Waals surface area (Å²) in [6, 6.07) is 11.0. The lowest BCUT2D eigenvalue weighted by Crippen LogP contribution is -2.28. The molecule has 0 amide bonds. The third kappa shape index (κ3) is 2.46. The molecule has 0 bridgehead atoms. The lowest BCUT2D eigenvalue weighted by atomic mass is 9.77. The van der Waals surface area contributed by atoms with Gasteiger partial charge in [0.05, 0.1) is 0 Å². The Labute approximate surface area is 114 Å². The van der Waals surface area contributed by atoms with Gasteiger partial charge in [0.25, 0.3) is 0 Å². The molecule has 88 valence electrons. The highest BCUT2D eigenvalue weighted by molar-refractivity contribution is 9.10. The molecule has 1 N–H and O–H groups in total. The molecule has 0 spiro atoms. The van der Waals surface area contributed by atoms with Crippen molar-refractivity contribution in [2.45, 2.75) is 18.9 Å². The average Bonchev–Trinajstić information content (AvgIpc) is 2.71. The van der Waals surface area contributed by atoms with Crippen molar-refractivity contribution in [3.63, 3.8) is 0 Å². The number of hydrogen-bond donors (Lipinski definition) is 1. The molecule has 1 aliphatic carbocycles. The molecule has 1 aromatic carbocycles. The summed E-state index contributed by atoms with van der Waals surface area (Å²) in [6.07, 6.45) is 1.23. The summed E-state index contributed by atoms with van der Waals surface area (Å²) in [6.45, 7) is 2.07. The summed E-state index contributed by atoms with van der Waals surface area (Å²) >= 11 is 5.28. The molecular formula is C14H14BrNS. The molecule has 0 saturated carbocycles. The maximum absolute atomic E-state index is 3.55. The number of fused-ring (bicyclic) bond motifs is 1. The molecule has 0 radical (unpaired) electrons. The Kier molecular flexibility index (Phi) is 3.32. The molecule has 0 saturated heterocycles. The van der Waals surface area contributed by atoms with Gasteiger partial charge in [-0.2, -0.15) is 0 Å². The van der Waals surface area contributed by atoms with E-state index in [4.69, 9.17) is 0 Å². The van der Waals surface area contributed by atoms with Gasteiger partial charge in [0.1, 0.15) is 0 Å². The molecule has 1 aliphatic rings.